The number of ether oxygens (including phenoxy) is 2. The summed E-state index contributed by atoms with van der Waals surface area (Å²) in [5.74, 6) is 0.789. The molecule has 1 amide bonds. The lowest BCUT2D eigenvalue weighted by molar-refractivity contribution is 0.0954. The Labute approximate surface area is 172 Å². The third-order valence-corrected chi connectivity index (χ3v) is 4.82. The molecule has 146 valence electrons. The van der Waals surface area contributed by atoms with Crippen LogP contribution in [0.4, 0.5) is 0 Å². The lowest BCUT2D eigenvalue weighted by Crippen LogP contribution is -2.17. The summed E-state index contributed by atoms with van der Waals surface area (Å²) in [7, 11) is 0. The van der Waals surface area contributed by atoms with Crippen molar-refractivity contribution in [3.8, 4) is 17.2 Å². The third-order valence-electron chi connectivity index (χ3n) is 4.45. The van der Waals surface area contributed by atoms with Gasteiger partial charge in [0.1, 0.15) is 5.75 Å². The lowest BCUT2D eigenvalue weighted by Gasteiger charge is -2.07. The van der Waals surface area contributed by atoms with E-state index >= 15 is 0 Å². The van der Waals surface area contributed by atoms with Gasteiger partial charge in [-0.3, -0.25) is 4.79 Å². The summed E-state index contributed by atoms with van der Waals surface area (Å²) in [6, 6.07) is 17.7. The van der Waals surface area contributed by atoms with Crippen LogP contribution in [0.5, 0.6) is 17.2 Å². The Morgan fingerprint density at radius 3 is 2.79 bits per heavy atom. The zero-order valence-electron chi connectivity index (χ0n) is 15.3. The van der Waals surface area contributed by atoms with Crippen molar-refractivity contribution >= 4 is 23.7 Å². The van der Waals surface area contributed by atoms with E-state index in [1.165, 1.54) is 6.21 Å². The fourth-order valence-corrected chi connectivity index (χ4v) is 3.14. The SMILES string of the molecule is O=C(N/N=C\c1cc(Cc2ccccc2Cl)ccc1O)c1ccc2c(c1)OCO2. The fraction of sp³-hybridized carbons (Fsp3) is 0.0909. The summed E-state index contributed by atoms with van der Waals surface area (Å²) in [4.78, 5) is 12.3. The number of fused-ring (bicyclic) bond motifs is 1. The van der Waals surface area contributed by atoms with E-state index in [1.54, 1.807) is 30.3 Å². The second-order valence-corrected chi connectivity index (χ2v) is 6.84. The van der Waals surface area contributed by atoms with E-state index in [9.17, 15) is 9.90 Å². The molecule has 29 heavy (non-hydrogen) atoms. The number of aromatic hydroxyl groups is 1. The predicted octanol–water partition coefficient (Wildman–Crippen LogP) is 4.13. The van der Waals surface area contributed by atoms with Crippen molar-refractivity contribution in [2.45, 2.75) is 6.42 Å². The highest BCUT2D eigenvalue weighted by Crippen LogP contribution is 2.32. The van der Waals surface area contributed by atoms with Gasteiger partial charge in [-0.25, -0.2) is 5.43 Å². The molecule has 0 bridgehead atoms. The number of hydrazone groups is 1. The zero-order valence-corrected chi connectivity index (χ0v) is 16.0. The standard InChI is InChI=1S/C22H17ClN2O4/c23-18-4-2-1-3-15(18)9-14-5-7-19(26)17(10-14)12-24-25-22(27)16-6-8-20-21(11-16)29-13-28-20/h1-8,10-12,26H,9,13H2,(H,25,27)/b24-12-. The first-order valence-corrected chi connectivity index (χ1v) is 9.26. The van der Waals surface area contributed by atoms with Crippen LogP contribution in [0.3, 0.4) is 0 Å². The minimum absolute atomic E-state index is 0.0639. The molecule has 1 aliphatic heterocycles. The molecular weight excluding hydrogens is 392 g/mol. The number of hydrogen-bond acceptors (Lipinski definition) is 5. The highest BCUT2D eigenvalue weighted by Gasteiger charge is 2.16. The molecule has 0 aliphatic carbocycles. The van der Waals surface area contributed by atoms with Gasteiger partial charge in [0, 0.05) is 16.1 Å². The Morgan fingerprint density at radius 2 is 1.93 bits per heavy atom. The van der Waals surface area contributed by atoms with E-state index in [2.05, 4.69) is 10.5 Å². The van der Waals surface area contributed by atoms with E-state index in [1.807, 2.05) is 30.3 Å². The molecule has 0 aromatic heterocycles. The van der Waals surface area contributed by atoms with E-state index in [4.69, 9.17) is 21.1 Å². The first kappa shape index (κ1) is 18.8. The second kappa shape index (κ2) is 8.24. The first-order valence-electron chi connectivity index (χ1n) is 8.88. The number of nitrogens with zero attached hydrogens (tertiary/aromatic N) is 1. The second-order valence-electron chi connectivity index (χ2n) is 6.43. The number of carbonyl (C=O) groups excluding carboxylic acids is 1. The van der Waals surface area contributed by atoms with Gasteiger partial charge in [0.15, 0.2) is 11.5 Å². The maximum Gasteiger partial charge on any atom is 0.271 e. The average molecular weight is 409 g/mol. The Morgan fingerprint density at radius 1 is 1.10 bits per heavy atom. The summed E-state index contributed by atoms with van der Waals surface area (Å²) in [6.45, 7) is 0.141. The smallest absolute Gasteiger partial charge is 0.271 e. The van der Waals surface area contributed by atoms with Crippen molar-refractivity contribution in [2.24, 2.45) is 5.10 Å². The normalized spacial score (nSPS) is 12.3. The summed E-state index contributed by atoms with van der Waals surface area (Å²) in [5.41, 5.74) is 5.27. The number of phenols is 1. The molecule has 0 saturated heterocycles. The van der Waals surface area contributed by atoms with Gasteiger partial charge in [-0.2, -0.15) is 5.10 Å². The van der Waals surface area contributed by atoms with Gasteiger partial charge in [-0.1, -0.05) is 35.9 Å². The van der Waals surface area contributed by atoms with Gasteiger partial charge >= 0.3 is 0 Å². The maximum atomic E-state index is 12.3. The van der Waals surface area contributed by atoms with Crippen LogP contribution in [-0.2, 0) is 6.42 Å². The number of amides is 1. The Balaban J connectivity index is 1.45. The summed E-state index contributed by atoms with van der Waals surface area (Å²) < 4.78 is 10.5. The fourth-order valence-electron chi connectivity index (χ4n) is 2.94. The van der Waals surface area contributed by atoms with E-state index in [0.29, 0.717) is 34.1 Å². The number of nitrogens with one attached hydrogen (secondary N) is 1. The van der Waals surface area contributed by atoms with Gasteiger partial charge in [0.05, 0.1) is 6.21 Å². The molecule has 0 radical (unpaired) electrons. The molecule has 0 fully saturated rings. The van der Waals surface area contributed by atoms with Crippen LogP contribution in [0.1, 0.15) is 27.0 Å². The number of rotatable bonds is 5. The minimum Gasteiger partial charge on any atom is -0.507 e. The van der Waals surface area contributed by atoms with Crippen LogP contribution in [-0.4, -0.2) is 24.0 Å². The van der Waals surface area contributed by atoms with Crippen molar-refractivity contribution in [3.63, 3.8) is 0 Å². The molecule has 1 heterocycles. The predicted molar refractivity (Wildman–Crippen MR) is 110 cm³/mol. The molecule has 1 aliphatic rings. The zero-order chi connectivity index (χ0) is 20.2. The van der Waals surface area contributed by atoms with Crippen LogP contribution < -0.4 is 14.9 Å². The van der Waals surface area contributed by atoms with E-state index < -0.39 is 5.91 Å². The Hall–Kier alpha value is -3.51. The summed E-state index contributed by atoms with van der Waals surface area (Å²) in [5, 5.41) is 14.7. The Bertz CT molecular complexity index is 1100. The van der Waals surface area contributed by atoms with Gasteiger partial charge in [-0.15, -0.1) is 0 Å². The molecule has 3 aromatic carbocycles. The van der Waals surface area contributed by atoms with Crippen molar-refractivity contribution in [2.75, 3.05) is 6.79 Å². The van der Waals surface area contributed by atoms with Gasteiger partial charge in [-0.05, 0) is 53.9 Å². The van der Waals surface area contributed by atoms with E-state index in [0.717, 1.165) is 11.1 Å². The molecule has 3 aromatic rings. The minimum atomic E-state index is -0.397. The number of benzene rings is 3. The number of phenolic OH excluding ortho intramolecular Hbond substituents is 1. The highest BCUT2D eigenvalue weighted by atomic mass is 35.5. The van der Waals surface area contributed by atoms with Crippen molar-refractivity contribution in [3.05, 3.63) is 87.9 Å². The summed E-state index contributed by atoms with van der Waals surface area (Å²) in [6.07, 6.45) is 2.01. The third kappa shape index (κ3) is 4.33. The quantitative estimate of drug-likeness (QED) is 0.491. The van der Waals surface area contributed by atoms with Crippen LogP contribution in [0.25, 0.3) is 0 Å². The molecule has 0 atom stereocenters. The van der Waals surface area contributed by atoms with Crippen molar-refractivity contribution in [1.29, 1.82) is 0 Å². The van der Waals surface area contributed by atoms with Crippen molar-refractivity contribution < 1.29 is 19.4 Å². The molecule has 7 heteroatoms. The molecule has 0 unspecified atom stereocenters. The number of carbonyl (C=O) groups is 1. The number of hydrogen-bond donors (Lipinski definition) is 2. The molecular formula is C22H17ClN2O4. The van der Waals surface area contributed by atoms with Crippen LogP contribution >= 0.6 is 11.6 Å². The topological polar surface area (TPSA) is 80.2 Å². The molecule has 4 rings (SSSR count). The largest absolute Gasteiger partial charge is 0.507 e. The lowest BCUT2D eigenvalue weighted by atomic mass is 10.0. The highest BCUT2D eigenvalue weighted by molar-refractivity contribution is 6.31. The van der Waals surface area contributed by atoms with Crippen LogP contribution in [0.15, 0.2) is 65.8 Å². The maximum absolute atomic E-state index is 12.3. The Kier molecular flexibility index (Phi) is 5.35. The molecule has 2 N–H and O–H groups in total. The number of halogens is 1. The van der Waals surface area contributed by atoms with Crippen molar-refractivity contribution in [1.82, 2.24) is 5.43 Å². The van der Waals surface area contributed by atoms with E-state index in [-0.39, 0.29) is 12.5 Å². The van der Waals surface area contributed by atoms with Gasteiger partial charge in [0.25, 0.3) is 5.91 Å². The monoisotopic (exact) mass is 408 g/mol. The van der Waals surface area contributed by atoms with Crippen LogP contribution in [0.2, 0.25) is 5.02 Å². The molecule has 6 nitrogen and oxygen atoms in total. The average Bonchev–Trinajstić information content (AvgIpc) is 3.19. The molecule has 0 saturated carbocycles. The van der Waals surface area contributed by atoms with Gasteiger partial charge in [0.2, 0.25) is 6.79 Å². The molecule has 0 spiro atoms. The first-order chi connectivity index (χ1) is 14.1. The summed E-state index contributed by atoms with van der Waals surface area (Å²) >= 11 is 6.22. The van der Waals surface area contributed by atoms with Gasteiger partial charge < -0.3 is 14.6 Å². The van der Waals surface area contributed by atoms with Crippen LogP contribution in [0, 0.1) is 0 Å².